The molecule has 0 aliphatic heterocycles. The SMILES string of the molecule is CCN(CC)CCC(C)P. The van der Waals surface area contributed by atoms with Crippen LogP contribution in [-0.4, -0.2) is 30.2 Å². The molecular weight excluding hydrogens is 141 g/mol. The van der Waals surface area contributed by atoms with Crippen molar-refractivity contribution in [3.63, 3.8) is 0 Å². The minimum atomic E-state index is 0.764. The van der Waals surface area contributed by atoms with Crippen LogP contribution in [0.5, 0.6) is 0 Å². The Labute approximate surface area is 67.4 Å². The predicted octanol–water partition coefficient (Wildman–Crippen LogP) is 1.98. The highest BCUT2D eigenvalue weighted by atomic mass is 31.0. The van der Waals surface area contributed by atoms with Gasteiger partial charge in [0.05, 0.1) is 0 Å². The standard InChI is InChI=1S/C8H20NP/c1-4-9(5-2)7-6-8(3)10/h8H,4-7,10H2,1-3H3. The summed E-state index contributed by atoms with van der Waals surface area (Å²) < 4.78 is 0. The van der Waals surface area contributed by atoms with Crippen LogP contribution in [0, 0.1) is 0 Å². The van der Waals surface area contributed by atoms with Crippen molar-refractivity contribution in [1.82, 2.24) is 4.90 Å². The molecule has 0 amide bonds. The van der Waals surface area contributed by atoms with Crippen molar-refractivity contribution in [3.05, 3.63) is 0 Å². The Balaban J connectivity index is 3.26. The highest BCUT2D eigenvalue weighted by Gasteiger charge is 1.99. The van der Waals surface area contributed by atoms with Crippen LogP contribution in [0.15, 0.2) is 0 Å². The van der Waals surface area contributed by atoms with Gasteiger partial charge in [0.25, 0.3) is 0 Å². The van der Waals surface area contributed by atoms with Gasteiger partial charge < -0.3 is 4.90 Å². The van der Waals surface area contributed by atoms with Crippen molar-refractivity contribution in [2.24, 2.45) is 0 Å². The molecule has 0 rings (SSSR count). The van der Waals surface area contributed by atoms with Crippen molar-refractivity contribution in [3.8, 4) is 0 Å². The summed E-state index contributed by atoms with van der Waals surface area (Å²) in [6.07, 6.45) is 1.30. The Hall–Kier alpha value is 0.390. The second-order valence-corrected chi connectivity index (χ2v) is 3.93. The highest BCUT2D eigenvalue weighted by molar-refractivity contribution is 7.17. The van der Waals surface area contributed by atoms with Gasteiger partial charge in [-0.1, -0.05) is 20.8 Å². The van der Waals surface area contributed by atoms with Crippen LogP contribution in [0.1, 0.15) is 27.2 Å². The molecule has 0 N–H and O–H groups in total. The zero-order valence-electron chi connectivity index (χ0n) is 7.43. The lowest BCUT2D eigenvalue weighted by Crippen LogP contribution is -2.25. The van der Waals surface area contributed by atoms with E-state index in [-0.39, 0.29) is 0 Å². The Morgan fingerprint density at radius 3 is 2.10 bits per heavy atom. The lowest BCUT2D eigenvalue weighted by molar-refractivity contribution is 0.300. The third-order valence-electron chi connectivity index (χ3n) is 1.80. The van der Waals surface area contributed by atoms with E-state index in [0.717, 1.165) is 5.66 Å². The average Bonchev–Trinajstić information content (AvgIpc) is 1.90. The summed E-state index contributed by atoms with van der Waals surface area (Å²) in [5.74, 6) is 0. The van der Waals surface area contributed by atoms with E-state index in [1.807, 2.05) is 0 Å². The van der Waals surface area contributed by atoms with E-state index in [9.17, 15) is 0 Å². The van der Waals surface area contributed by atoms with Gasteiger partial charge in [0.2, 0.25) is 0 Å². The second kappa shape index (κ2) is 6.12. The van der Waals surface area contributed by atoms with Gasteiger partial charge in [-0.2, -0.15) is 0 Å². The fourth-order valence-electron chi connectivity index (χ4n) is 0.926. The molecule has 0 radical (unpaired) electrons. The second-order valence-electron chi connectivity index (χ2n) is 2.79. The maximum atomic E-state index is 2.84. The van der Waals surface area contributed by atoms with Crippen LogP contribution in [0.2, 0.25) is 0 Å². The van der Waals surface area contributed by atoms with E-state index in [4.69, 9.17) is 0 Å². The van der Waals surface area contributed by atoms with Crippen molar-refractivity contribution in [2.45, 2.75) is 32.9 Å². The first kappa shape index (κ1) is 10.4. The van der Waals surface area contributed by atoms with Crippen LogP contribution in [0.25, 0.3) is 0 Å². The topological polar surface area (TPSA) is 3.24 Å². The van der Waals surface area contributed by atoms with Crippen LogP contribution in [-0.2, 0) is 0 Å². The number of nitrogens with zero attached hydrogens (tertiary/aromatic N) is 1. The molecular formula is C8H20NP. The summed E-state index contributed by atoms with van der Waals surface area (Å²) in [5, 5.41) is 0. The molecule has 0 aliphatic carbocycles. The van der Waals surface area contributed by atoms with Gasteiger partial charge in [0.1, 0.15) is 0 Å². The molecule has 0 bridgehead atoms. The molecule has 2 unspecified atom stereocenters. The zero-order chi connectivity index (χ0) is 7.98. The van der Waals surface area contributed by atoms with E-state index in [0.29, 0.717) is 0 Å². The van der Waals surface area contributed by atoms with Gasteiger partial charge in [-0.15, -0.1) is 9.24 Å². The molecule has 10 heavy (non-hydrogen) atoms. The molecule has 0 saturated carbocycles. The zero-order valence-corrected chi connectivity index (χ0v) is 8.59. The molecule has 0 aromatic rings. The van der Waals surface area contributed by atoms with Crippen molar-refractivity contribution >= 4 is 9.24 Å². The lowest BCUT2D eigenvalue weighted by Gasteiger charge is -2.18. The maximum Gasteiger partial charge on any atom is -0.00132 e. The summed E-state index contributed by atoms with van der Waals surface area (Å²) >= 11 is 0. The third kappa shape index (κ3) is 5.20. The summed E-state index contributed by atoms with van der Waals surface area (Å²) in [6, 6.07) is 0. The molecule has 1 nitrogen and oxygen atoms in total. The van der Waals surface area contributed by atoms with Gasteiger partial charge in [-0.05, 0) is 31.7 Å². The molecule has 2 atom stereocenters. The molecule has 0 spiro atoms. The fraction of sp³-hybridized carbons (Fsp3) is 1.00. The first-order valence-electron chi connectivity index (χ1n) is 4.18. The van der Waals surface area contributed by atoms with Crippen LogP contribution >= 0.6 is 9.24 Å². The van der Waals surface area contributed by atoms with Crippen LogP contribution in [0.4, 0.5) is 0 Å². The Kier molecular flexibility index (Phi) is 6.36. The number of hydrogen-bond acceptors (Lipinski definition) is 1. The quantitative estimate of drug-likeness (QED) is 0.557. The van der Waals surface area contributed by atoms with E-state index in [1.165, 1.54) is 26.1 Å². The predicted molar refractivity (Wildman–Crippen MR) is 51.6 cm³/mol. The Bertz CT molecular complexity index is 69.7. The average molecular weight is 161 g/mol. The fourth-order valence-corrected chi connectivity index (χ4v) is 1.08. The van der Waals surface area contributed by atoms with Crippen molar-refractivity contribution < 1.29 is 0 Å². The minimum absolute atomic E-state index is 0.764. The Morgan fingerprint density at radius 2 is 1.80 bits per heavy atom. The molecule has 2 heteroatoms. The van der Waals surface area contributed by atoms with Crippen LogP contribution < -0.4 is 0 Å². The largest absolute Gasteiger partial charge is 0.304 e. The molecule has 0 aromatic carbocycles. The minimum Gasteiger partial charge on any atom is -0.304 e. The van der Waals surface area contributed by atoms with Crippen molar-refractivity contribution in [1.29, 1.82) is 0 Å². The molecule has 0 heterocycles. The van der Waals surface area contributed by atoms with Gasteiger partial charge in [-0.3, -0.25) is 0 Å². The normalized spacial score (nSPS) is 14.1. The molecule has 0 fully saturated rings. The third-order valence-corrected chi connectivity index (χ3v) is 2.13. The van der Waals surface area contributed by atoms with Crippen molar-refractivity contribution in [2.75, 3.05) is 19.6 Å². The van der Waals surface area contributed by atoms with Gasteiger partial charge in [0, 0.05) is 0 Å². The first-order valence-corrected chi connectivity index (χ1v) is 4.85. The lowest BCUT2D eigenvalue weighted by atomic mass is 10.3. The van der Waals surface area contributed by atoms with Gasteiger partial charge in [0.15, 0.2) is 0 Å². The molecule has 0 saturated heterocycles. The number of rotatable bonds is 5. The highest BCUT2D eigenvalue weighted by Crippen LogP contribution is 2.04. The number of hydrogen-bond donors (Lipinski definition) is 0. The summed E-state index contributed by atoms with van der Waals surface area (Å²) in [4.78, 5) is 2.46. The van der Waals surface area contributed by atoms with Crippen LogP contribution in [0.3, 0.4) is 0 Å². The van der Waals surface area contributed by atoms with Gasteiger partial charge >= 0.3 is 0 Å². The van der Waals surface area contributed by atoms with Gasteiger partial charge in [-0.25, -0.2) is 0 Å². The summed E-state index contributed by atoms with van der Waals surface area (Å²) in [6.45, 7) is 10.3. The maximum absolute atomic E-state index is 2.84. The van der Waals surface area contributed by atoms with E-state index in [1.54, 1.807) is 0 Å². The molecule has 0 aromatic heterocycles. The van der Waals surface area contributed by atoms with E-state index in [2.05, 4.69) is 34.9 Å². The van der Waals surface area contributed by atoms with E-state index < -0.39 is 0 Å². The Morgan fingerprint density at radius 1 is 1.30 bits per heavy atom. The summed E-state index contributed by atoms with van der Waals surface area (Å²) in [5.41, 5.74) is 0.764. The molecule has 0 aliphatic rings. The monoisotopic (exact) mass is 161 g/mol. The smallest absolute Gasteiger partial charge is 0.00132 e. The van der Waals surface area contributed by atoms with E-state index >= 15 is 0 Å². The first-order chi connectivity index (χ1) is 4.70. The molecule has 62 valence electrons. The summed E-state index contributed by atoms with van der Waals surface area (Å²) in [7, 11) is 2.84.